The number of sulfone groups is 1. The van der Waals surface area contributed by atoms with Crippen molar-refractivity contribution in [3.8, 4) is 0 Å². The summed E-state index contributed by atoms with van der Waals surface area (Å²) in [5.41, 5.74) is 2.67. The van der Waals surface area contributed by atoms with E-state index in [9.17, 15) is 8.42 Å². The standard InChI is InChI=1S/C21H32N4O3S.HI/c1-6-17(7-2)19-12-18(28-25-19)14-24-21(22-8-3)23-13-16-9-10-20(15(4)11-16)29(5,26)27;/h9-12,17H,6-8,13-14H2,1-5H3,(H2,22,23,24);1H. The van der Waals surface area contributed by atoms with Crippen molar-refractivity contribution in [1.29, 1.82) is 0 Å². The van der Waals surface area contributed by atoms with E-state index in [-0.39, 0.29) is 24.0 Å². The summed E-state index contributed by atoms with van der Waals surface area (Å²) in [6.45, 7) is 9.77. The van der Waals surface area contributed by atoms with Gasteiger partial charge in [-0.2, -0.15) is 0 Å². The van der Waals surface area contributed by atoms with Crippen molar-refractivity contribution in [3.63, 3.8) is 0 Å². The fraction of sp³-hybridized carbons (Fsp3) is 0.524. The van der Waals surface area contributed by atoms with Crippen LogP contribution in [0.15, 0.2) is 38.7 Å². The highest BCUT2D eigenvalue weighted by atomic mass is 127. The van der Waals surface area contributed by atoms with Gasteiger partial charge in [0.2, 0.25) is 0 Å². The molecule has 0 amide bonds. The predicted molar refractivity (Wildman–Crippen MR) is 131 cm³/mol. The lowest BCUT2D eigenvalue weighted by molar-refractivity contribution is 0.368. The molecule has 0 fully saturated rings. The van der Waals surface area contributed by atoms with E-state index in [1.165, 1.54) is 6.26 Å². The van der Waals surface area contributed by atoms with Crippen molar-refractivity contribution in [2.24, 2.45) is 4.99 Å². The highest BCUT2D eigenvalue weighted by Crippen LogP contribution is 2.22. The Balaban J connectivity index is 0.00000450. The molecule has 0 unspecified atom stereocenters. The number of guanidine groups is 1. The minimum Gasteiger partial charge on any atom is -0.359 e. The summed E-state index contributed by atoms with van der Waals surface area (Å²) in [4.78, 5) is 4.94. The Labute approximate surface area is 197 Å². The van der Waals surface area contributed by atoms with Crippen molar-refractivity contribution in [3.05, 3.63) is 46.8 Å². The molecular weight excluding hydrogens is 515 g/mol. The molecule has 1 aromatic heterocycles. The van der Waals surface area contributed by atoms with E-state index < -0.39 is 9.84 Å². The van der Waals surface area contributed by atoms with Gasteiger partial charge in [-0.05, 0) is 43.9 Å². The largest absolute Gasteiger partial charge is 0.359 e. The van der Waals surface area contributed by atoms with Crippen molar-refractivity contribution in [2.45, 2.75) is 64.4 Å². The van der Waals surface area contributed by atoms with Gasteiger partial charge in [-0.3, -0.25) is 0 Å². The molecule has 0 spiro atoms. The van der Waals surface area contributed by atoms with Crippen LogP contribution in [0.4, 0.5) is 0 Å². The normalized spacial score (nSPS) is 12.0. The van der Waals surface area contributed by atoms with Gasteiger partial charge < -0.3 is 15.2 Å². The fourth-order valence-electron chi connectivity index (χ4n) is 3.22. The average molecular weight is 548 g/mol. The Morgan fingerprint density at radius 3 is 2.43 bits per heavy atom. The van der Waals surface area contributed by atoms with Gasteiger partial charge >= 0.3 is 0 Å². The lowest BCUT2D eigenvalue weighted by Gasteiger charge is -2.10. The molecule has 168 valence electrons. The molecule has 1 heterocycles. The molecule has 0 aliphatic carbocycles. The molecule has 0 aliphatic rings. The molecule has 0 saturated heterocycles. The number of hydrogen-bond acceptors (Lipinski definition) is 5. The maximum Gasteiger partial charge on any atom is 0.191 e. The van der Waals surface area contributed by atoms with Crippen LogP contribution in [0.1, 0.15) is 62.1 Å². The number of rotatable bonds is 9. The summed E-state index contributed by atoms with van der Waals surface area (Å²) >= 11 is 0. The van der Waals surface area contributed by atoms with Gasteiger partial charge in [0, 0.05) is 24.8 Å². The Hall–Kier alpha value is -1.62. The number of hydrogen-bond donors (Lipinski definition) is 2. The summed E-state index contributed by atoms with van der Waals surface area (Å²) in [6, 6.07) is 7.31. The van der Waals surface area contributed by atoms with E-state index in [4.69, 9.17) is 4.52 Å². The third-order valence-electron chi connectivity index (χ3n) is 4.81. The predicted octanol–water partition coefficient (Wildman–Crippen LogP) is 4.16. The summed E-state index contributed by atoms with van der Waals surface area (Å²) in [5, 5.41) is 10.7. The Kier molecular flexibility index (Phi) is 10.8. The van der Waals surface area contributed by atoms with Crippen LogP contribution in [0.3, 0.4) is 0 Å². The number of nitrogens with one attached hydrogen (secondary N) is 2. The molecule has 0 saturated carbocycles. The Bertz CT molecular complexity index is 937. The molecule has 9 heteroatoms. The molecule has 0 atom stereocenters. The van der Waals surface area contributed by atoms with Crippen LogP contribution in [-0.4, -0.2) is 32.3 Å². The van der Waals surface area contributed by atoms with Gasteiger partial charge in [-0.1, -0.05) is 31.1 Å². The first-order valence-electron chi connectivity index (χ1n) is 10.1. The van der Waals surface area contributed by atoms with Crippen LogP contribution >= 0.6 is 24.0 Å². The van der Waals surface area contributed by atoms with Gasteiger partial charge in [0.15, 0.2) is 21.6 Å². The zero-order chi connectivity index (χ0) is 21.4. The van der Waals surface area contributed by atoms with E-state index >= 15 is 0 Å². The first kappa shape index (κ1) is 26.4. The molecule has 0 aliphatic heterocycles. The van der Waals surface area contributed by atoms with Crippen LogP contribution < -0.4 is 10.6 Å². The summed E-state index contributed by atoms with van der Waals surface area (Å²) in [5.74, 6) is 1.86. The number of benzene rings is 1. The van der Waals surface area contributed by atoms with Crippen molar-refractivity contribution in [1.82, 2.24) is 15.8 Å². The number of aryl methyl sites for hydroxylation is 1. The zero-order valence-electron chi connectivity index (χ0n) is 18.4. The lowest BCUT2D eigenvalue weighted by Crippen LogP contribution is -2.36. The SMILES string of the molecule is CCNC(=NCc1ccc(S(C)(=O)=O)c(C)c1)NCc1cc(C(CC)CC)no1.I. The van der Waals surface area contributed by atoms with Gasteiger partial charge in [0.25, 0.3) is 0 Å². The van der Waals surface area contributed by atoms with Crippen molar-refractivity contribution >= 4 is 39.8 Å². The Morgan fingerprint density at radius 2 is 1.87 bits per heavy atom. The van der Waals surface area contributed by atoms with E-state index in [0.29, 0.717) is 29.9 Å². The van der Waals surface area contributed by atoms with Crippen molar-refractivity contribution in [2.75, 3.05) is 12.8 Å². The number of halogens is 1. The van der Waals surface area contributed by atoms with E-state index in [1.807, 2.05) is 19.1 Å². The van der Waals surface area contributed by atoms with E-state index in [0.717, 1.165) is 42.0 Å². The molecule has 0 bridgehead atoms. The average Bonchev–Trinajstić information content (AvgIpc) is 3.13. The van der Waals surface area contributed by atoms with Gasteiger partial charge in [0.05, 0.1) is 23.7 Å². The molecule has 1 aromatic carbocycles. The molecule has 2 rings (SSSR count). The monoisotopic (exact) mass is 548 g/mol. The molecular formula is C21H33IN4O3S. The quantitative estimate of drug-likeness (QED) is 0.278. The second-order valence-corrected chi connectivity index (χ2v) is 9.14. The highest BCUT2D eigenvalue weighted by Gasteiger charge is 2.13. The van der Waals surface area contributed by atoms with Gasteiger partial charge in [-0.25, -0.2) is 13.4 Å². The third-order valence-corrected chi connectivity index (χ3v) is 6.07. The highest BCUT2D eigenvalue weighted by molar-refractivity contribution is 14.0. The molecule has 30 heavy (non-hydrogen) atoms. The number of aliphatic imine (C=N–C) groups is 1. The number of aromatic nitrogens is 1. The molecule has 2 N–H and O–H groups in total. The van der Waals surface area contributed by atoms with Gasteiger partial charge in [-0.15, -0.1) is 24.0 Å². The minimum atomic E-state index is -3.21. The van der Waals surface area contributed by atoms with Gasteiger partial charge in [0.1, 0.15) is 0 Å². The maximum atomic E-state index is 11.8. The zero-order valence-corrected chi connectivity index (χ0v) is 21.5. The molecule has 0 radical (unpaired) electrons. The second-order valence-electron chi connectivity index (χ2n) is 7.15. The smallest absolute Gasteiger partial charge is 0.191 e. The lowest BCUT2D eigenvalue weighted by atomic mass is 9.99. The first-order valence-corrected chi connectivity index (χ1v) is 11.9. The topological polar surface area (TPSA) is 96.6 Å². The van der Waals surface area contributed by atoms with Crippen LogP contribution in [-0.2, 0) is 22.9 Å². The minimum absolute atomic E-state index is 0. The third kappa shape index (κ3) is 7.57. The summed E-state index contributed by atoms with van der Waals surface area (Å²) < 4.78 is 29.0. The second kappa shape index (κ2) is 12.3. The van der Waals surface area contributed by atoms with Crippen LogP contribution in [0.2, 0.25) is 0 Å². The van der Waals surface area contributed by atoms with Crippen molar-refractivity contribution < 1.29 is 12.9 Å². The summed E-state index contributed by atoms with van der Waals surface area (Å²) in [7, 11) is -3.21. The van der Waals surface area contributed by atoms with Crippen LogP contribution in [0.25, 0.3) is 0 Å². The van der Waals surface area contributed by atoms with E-state index in [1.54, 1.807) is 19.1 Å². The molecule has 2 aromatic rings. The summed E-state index contributed by atoms with van der Waals surface area (Å²) in [6.07, 6.45) is 3.30. The number of nitrogens with zero attached hydrogens (tertiary/aromatic N) is 2. The fourth-order valence-corrected chi connectivity index (χ4v) is 4.18. The maximum absolute atomic E-state index is 11.8. The van der Waals surface area contributed by atoms with E-state index in [2.05, 4.69) is 34.6 Å². The van der Waals surface area contributed by atoms with Crippen LogP contribution in [0, 0.1) is 6.92 Å². The Morgan fingerprint density at radius 1 is 1.17 bits per heavy atom. The molecule has 7 nitrogen and oxygen atoms in total. The van der Waals surface area contributed by atoms with Crippen LogP contribution in [0.5, 0.6) is 0 Å². The first-order chi connectivity index (χ1) is 13.8.